The van der Waals surface area contributed by atoms with E-state index in [1.807, 2.05) is 0 Å². The van der Waals surface area contributed by atoms with Gasteiger partial charge in [-0.25, -0.2) is 0 Å². The molecule has 11 heavy (non-hydrogen) atoms. The van der Waals surface area contributed by atoms with Gasteiger partial charge in [0.25, 0.3) is 0 Å². The highest BCUT2D eigenvalue weighted by Crippen LogP contribution is 2.58. The summed E-state index contributed by atoms with van der Waals surface area (Å²) in [4.78, 5) is 10.4. The molecular weight excluding hydrogens is 136 g/mol. The van der Waals surface area contributed by atoms with Gasteiger partial charge in [-0.1, -0.05) is 12.2 Å². The normalized spacial score (nSPS) is 32.2. The molecule has 1 atom stereocenters. The van der Waals surface area contributed by atoms with Crippen LogP contribution in [0.5, 0.6) is 0 Å². The Labute approximate surface area is 67.5 Å². The highest BCUT2D eigenvalue weighted by Gasteiger charge is 2.48. The van der Waals surface area contributed by atoms with E-state index in [1.165, 1.54) is 19.3 Å². The first-order valence-corrected chi connectivity index (χ1v) is 4.46. The maximum absolute atomic E-state index is 10.4. The summed E-state index contributed by atoms with van der Waals surface area (Å²) in [5.41, 5.74) is 0.579. The third-order valence-electron chi connectivity index (χ3n) is 3.25. The number of allylic oxidation sites excluding steroid dienone is 2. The lowest BCUT2D eigenvalue weighted by atomic mass is 9.78. The summed E-state index contributed by atoms with van der Waals surface area (Å²) in [6, 6.07) is 0. The number of carbonyl (C=O) groups is 1. The van der Waals surface area contributed by atoms with Crippen molar-refractivity contribution >= 4 is 6.29 Å². The monoisotopic (exact) mass is 150 g/mol. The Balaban J connectivity index is 2.06. The molecule has 0 heterocycles. The van der Waals surface area contributed by atoms with E-state index in [1.54, 1.807) is 0 Å². The van der Waals surface area contributed by atoms with Gasteiger partial charge in [-0.15, -0.1) is 0 Å². The molecule has 1 saturated carbocycles. The van der Waals surface area contributed by atoms with Gasteiger partial charge < -0.3 is 4.79 Å². The summed E-state index contributed by atoms with van der Waals surface area (Å²) >= 11 is 0. The molecule has 0 N–H and O–H groups in total. The SMILES string of the molecule is O=CCC1CC=CCC12CC2. The van der Waals surface area contributed by atoms with Gasteiger partial charge in [-0.3, -0.25) is 0 Å². The molecule has 0 aromatic rings. The van der Waals surface area contributed by atoms with Crippen LogP contribution in [0.15, 0.2) is 12.2 Å². The lowest BCUT2D eigenvalue weighted by Gasteiger charge is -2.26. The number of aldehydes is 1. The first kappa shape index (κ1) is 7.08. The van der Waals surface area contributed by atoms with Crippen LogP contribution in [0.25, 0.3) is 0 Å². The molecule has 1 heteroatoms. The van der Waals surface area contributed by atoms with Crippen molar-refractivity contribution < 1.29 is 4.79 Å². The molecule has 0 amide bonds. The number of hydrogen-bond acceptors (Lipinski definition) is 1. The summed E-state index contributed by atoms with van der Waals surface area (Å²) < 4.78 is 0. The predicted octanol–water partition coefficient (Wildman–Crippen LogP) is 2.32. The number of hydrogen-bond donors (Lipinski definition) is 0. The van der Waals surface area contributed by atoms with Crippen molar-refractivity contribution in [1.82, 2.24) is 0 Å². The summed E-state index contributed by atoms with van der Waals surface area (Å²) in [6.45, 7) is 0. The molecule has 60 valence electrons. The Morgan fingerprint density at radius 2 is 2.27 bits per heavy atom. The van der Waals surface area contributed by atoms with E-state index in [2.05, 4.69) is 12.2 Å². The molecule has 1 unspecified atom stereocenters. The average molecular weight is 150 g/mol. The predicted molar refractivity (Wildman–Crippen MR) is 44.2 cm³/mol. The van der Waals surface area contributed by atoms with Crippen molar-refractivity contribution in [3.05, 3.63) is 12.2 Å². The molecule has 2 aliphatic rings. The molecule has 0 saturated heterocycles. The minimum atomic E-state index is 0.579. The zero-order chi connectivity index (χ0) is 7.73. The summed E-state index contributed by atoms with van der Waals surface area (Å²) in [7, 11) is 0. The Morgan fingerprint density at radius 3 is 2.91 bits per heavy atom. The molecular formula is C10H14O. The van der Waals surface area contributed by atoms with E-state index in [0.29, 0.717) is 11.3 Å². The topological polar surface area (TPSA) is 17.1 Å². The van der Waals surface area contributed by atoms with Crippen LogP contribution in [0.4, 0.5) is 0 Å². The molecule has 0 aromatic carbocycles. The van der Waals surface area contributed by atoms with E-state index in [-0.39, 0.29) is 0 Å². The minimum Gasteiger partial charge on any atom is -0.303 e. The standard InChI is InChI=1S/C10H14O/c11-8-4-9-3-1-2-5-10(9)6-7-10/h1-2,8-9H,3-7H2. The molecule has 1 nitrogen and oxygen atoms in total. The van der Waals surface area contributed by atoms with Crippen molar-refractivity contribution in [3.8, 4) is 0 Å². The van der Waals surface area contributed by atoms with Crippen molar-refractivity contribution in [2.24, 2.45) is 11.3 Å². The van der Waals surface area contributed by atoms with E-state index in [9.17, 15) is 4.79 Å². The second kappa shape index (κ2) is 2.47. The molecule has 1 fully saturated rings. The van der Waals surface area contributed by atoms with Gasteiger partial charge in [0.05, 0.1) is 0 Å². The zero-order valence-electron chi connectivity index (χ0n) is 6.75. The highest BCUT2D eigenvalue weighted by atomic mass is 16.1. The van der Waals surface area contributed by atoms with Crippen LogP contribution in [0, 0.1) is 11.3 Å². The van der Waals surface area contributed by atoms with E-state index in [0.717, 1.165) is 19.1 Å². The molecule has 2 rings (SSSR count). The lowest BCUT2D eigenvalue weighted by molar-refractivity contribution is -0.109. The fourth-order valence-electron chi connectivity index (χ4n) is 2.23. The maximum atomic E-state index is 10.4. The maximum Gasteiger partial charge on any atom is 0.120 e. The van der Waals surface area contributed by atoms with Crippen LogP contribution < -0.4 is 0 Å². The zero-order valence-corrected chi connectivity index (χ0v) is 6.75. The number of rotatable bonds is 2. The third-order valence-corrected chi connectivity index (χ3v) is 3.25. The van der Waals surface area contributed by atoms with E-state index >= 15 is 0 Å². The first-order valence-electron chi connectivity index (χ1n) is 4.46. The lowest BCUT2D eigenvalue weighted by Crippen LogP contribution is -2.18. The largest absolute Gasteiger partial charge is 0.303 e. The molecule has 0 aliphatic heterocycles. The van der Waals surface area contributed by atoms with Crippen molar-refractivity contribution in [1.29, 1.82) is 0 Å². The van der Waals surface area contributed by atoms with Gasteiger partial charge in [-0.05, 0) is 37.0 Å². The highest BCUT2D eigenvalue weighted by molar-refractivity contribution is 5.50. The molecule has 1 spiro atoms. The van der Waals surface area contributed by atoms with Crippen LogP contribution in [0.2, 0.25) is 0 Å². The second-order valence-corrected chi connectivity index (χ2v) is 3.87. The number of carbonyl (C=O) groups excluding carboxylic acids is 1. The fourth-order valence-corrected chi connectivity index (χ4v) is 2.23. The molecule has 0 radical (unpaired) electrons. The Morgan fingerprint density at radius 1 is 1.45 bits per heavy atom. The van der Waals surface area contributed by atoms with Crippen LogP contribution >= 0.6 is 0 Å². The van der Waals surface area contributed by atoms with Crippen molar-refractivity contribution in [2.45, 2.75) is 32.1 Å². The van der Waals surface area contributed by atoms with Gasteiger partial charge in [0.1, 0.15) is 6.29 Å². The van der Waals surface area contributed by atoms with E-state index in [4.69, 9.17) is 0 Å². The first-order chi connectivity index (χ1) is 5.37. The van der Waals surface area contributed by atoms with Gasteiger partial charge in [0.2, 0.25) is 0 Å². The Hall–Kier alpha value is -0.590. The van der Waals surface area contributed by atoms with Gasteiger partial charge in [0.15, 0.2) is 0 Å². The van der Waals surface area contributed by atoms with Crippen LogP contribution in [0.1, 0.15) is 32.1 Å². The van der Waals surface area contributed by atoms with Gasteiger partial charge in [0, 0.05) is 6.42 Å². The van der Waals surface area contributed by atoms with Crippen molar-refractivity contribution in [3.63, 3.8) is 0 Å². The van der Waals surface area contributed by atoms with Crippen molar-refractivity contribution in [2.75, 3.05) is 0 Å². The summed E-state index contributed by atoms with van der Waals surface area (Å²) in [6.07, 6.45) is 11.5. The summed E-state index contributed by atoms with van der Waals surface area (Å²) in [5.74, 6) is 0.671. The molecule has 0 bridgehead atoms. The fraction of sp³-hybridized carbons (Fsp3) is 0.700. The Bertz CT molecular complexity index is 189. The average Bonchev–Trinajstić information content (AvgIpc) is 2.77. The quantitative estimate of drug-likeness (QED) is 0.436. The van der Waals surface area contributed by atoms with Gasteiger partial charge in [-0.2, -0.15) is 0 Å². The van der Waals surface area contributed by atoms with Crippen LogP contribution in [-0.4, -0.2) is 6.29 Å². The van der Waals surface area contributed by atoms with Gasteiger partial charge >= 0.3 is 0 Å². The minimum absolute atomic E-state index is 0.579. The van der Waals surface area contributed by atoms with E-state index < -0.39 is 0 Å². The summed E-state index contributed by atoms with van der Waals surface area (Å²) in [5, 5.41) is 0. The van der Waals surface area contributed by atoms with Crippen LogP contribution in [0.3, 0.4) is 0 Å². The Kier molecular flexibility index (Phi) is 1.59. The molecule has 0 aromatic heterocycles. The smallest absolute Gasteiger partial charge is 0.120 e. The second-order valence-electron chi connectivity index (χ2n) is 3.87. The van der Waals surface area contributed by atoms with Crippen LogP contribution in [-0.2, 0) is 4.79 Å². The molecule has 2 aliphatic carbocycles. The third kappa shape index (κ3) is 1.13.